The lowest BCUT2D eigenvalue weighted by Gasteiger charge is -2.30. The zero-order chi connectivity index (χ0) is 6.69. The molecule has 0 spiro atoms. The first-order chi connectivity index (χ1) is 4.33. The minimum absolute atomic E-state index is 1.03. The van der Waals surface area contributed by atoms with Crippen molar-refractivity contribution in [3.8, 4) is 0 Å². The van der Waals surface area contributed by atoms with Gasteiger partial charge in [-0.05, 0) is 7.05 Å². The highest BCUT2D eigenvalue weighted by Gasteiger charge is 2.10. The Kier molecular flexibility index (Phi) is 2.95. The van der Waals surface area contributed by atoms with Crippen LogP contribution >= 0.6 is 15.9 Å². The van der Waals surface area contributed by atoms with E-state index < -0.39 is 0 Å². The van der Waals surface area contributed by atoms with Gasteiger partial charge in [0.25, 0.3) is 0 Å². The molecule has 0 radical (unpaired) electrons. The molecular formula is C6H13BrN2. The molecule has 0 N–H and O–H groups in total. The van der Waals surface area contributed by atoms with Crippen LogP contribution in [-0.2, 0) is 0 Å². The maximum absolute atomic E-state index is 3.44. The summed E-state index contributed by atoms with van der Waals surface area (Å²) in [4.78, 5) is 4.76. The number of halogens is 1. The molecule has 1 saturated heterocycles. The van der Waals surface area contributed by atoms with Gasteiger partial charge in [0.2, 0.25) is 0 Å². The van der Waals surface area contributed by atoms with Crippen molar-refractivity contribution < 1.29 is 0 Å². The minimum atomic E-state index is 1.03. The molecule has 0 amide bonds. The largest absolute Gasteiger partial charge is 0.304 e. The van der Waals surface area contributed by atoms with E-state index in [-0.39, 0.29) is 0 Å². The lowest BCUT2D eigenvalue weighted by molar-refractivity contribution is 0.176. The van der Waals surface area contributed by atoms with E-state index >= 15 is 0 Å². The molecule has 0 unspecified atom stereocenters. The summed E-state index contributed by atoms with van der Waals surface area (Å²) in [6.07, 6.45) is 0. The van der Waals surface area contributed by atoms with E-state index in [1.165, 1.54) is 26.2 Å². The van der Waals surface area contributed by atoms with Crippen LogP contribution in [0.4, 0.5) is 0 Å². The van der Waals surface area contributed by atoms with E-state index in [9.17, 15) is 0 Å². The van der Waals surface area contributed by atoms with Crippen molar-refractivity contribution in [1.82, 2.24) is 9.80 Å². The summed E-state index contributed by atoms with van der Waals surface area (Å²) in [7, 11) is 2.17. The summed E-state index contributed by atoms with van der Waals surface area (Å²) in [5.74, 6) is 0. The molecule has 1 rings (SSSR count). The number of piperazine rings is 1. The highest BCUT2D eigenvalue weighted by atomic mass is 79.9. The van der Waals surface area contributed by atoms with Crippen LogP contribution in [0, 0.1) is 0 Å². The Morgan fingerprint density at radius 2 is 1.78 bits per heavy atom. The molecule has 0 aromatic rings. The van der Waals surface area contributed by atoms with Crippen LogP contribution in [-0.4, -0.2) is 48.5 Å². The molecule has 2 nitrogen and oxygen atoms in total. The van der Waals surface area contributed by atoms with Gasteiger partial charge in [-0.1, -0.05) is 15.9 Å². The predicted octanol–water partition coefficient (Wildman–Crippen LogP) is 0.586. The predicted molar refractivity (Wildman–Crippen MR) is 42.9 cm³/mol. The maximum Gasteiger partial charge on any atom is 0.0543 e. The van der Waals surface area contributed by atoms with E-state index in [4.69, 9.17) is 0 Å². The lowest BCUT2D eigenvalue weighted by Crippen LogP contribution is -2.43. The van der Waals surface area contributed by atoms with Crippen molar-refractivity contribution in [3.05, 3.63) is 0 Å². The fourth-order valence-corrected chi connectivity index (χ4v) is 1.47. The van der Waals surface area contributed by atoms with Crippen molar-refractivity contribution in [1.29, 1.82) is 0 Å². The van der Waals surface area contributed by atoms with Gasteiger partial charge in [-0.25, -0.2) is 0 Å². The van der Waals surface area contributed by atoms with E-state index in [0.29, 0.717) is 0 Å². The highest BCUT2D eigenvalue weighted by Crippen LogP contribution is 1.99. The average molecular weight is 193 g/mol. The topological polar surface area (TPSA) is 6.48 Å². The van der Waals surface area contributed by atoms with Gasteiger partial charge < -0.3 is 4.90 Å². The summed E-state index contributed by atoms with van der Waals surface area (Å²) in [6, 6.07) is 0. The second-order valence-corrected chi connectivity index (χ2v) is 3.04. The van der Waals surface area contributed by atoms with E-state index in [1.807, 2.05) is 0 Å². The van der Waals surface area contributed by atoms with Gasteiger partial charge >= 0.3 is 0 Å². The van der Waals surface area contributed by atoms with Crippen molar-refractivity contribution >= 4 is 15.9 Å². The van der Waals surface area contributed by atoms with Crippen molar-refractivity contribution in [2.24, 2.45) is 0 Å². The fourth-order valence-electron chi connectivity index (χ4n) is 0.967. The summed E-state index contributed by atoms with van der Waals surface area (Å²) in [6.45, 7) is 4.85. The first-order valence-electron chi connectivity index (χ1n) is 3.30. The number of rotatable bonds is 1. The molecule has 3 heteroatoms. The Labute approximate surface area is 64.9 Å². The quantitative estimate of drug-likeness (QED) is 0.444. The molecule has 9 heavy (non-hydrogen) atoms. The third kappa shape index (κ3) is 2.24. The number of hydrogen-bond donors (Lipinski definition) is 0. The van der Waals surface area contributed by atoms with Gasteiger partial charge in [-0.3, -0.25) is 4.90 Å². The second-order valence-electron chi connectivity index (χ2n) is 2.54. The monoisotopic (exact) mass is 192 g/mol. The van der Waals surface area contributed by atoms with Gasteiger partial charge in [0.05, 0.1) is 5.45 Å². The smallest absolute Gasteiger partial charge is 0.0543 e. The molecule has 1 aliphatic rings. The second kappa shape index (κ2) is 3.54. The normalized spacial score (nSPS) is 24.7. The number of alkyl halides is 1. The molecule has 0 aromatic carbocycles. The van der Waals surface area contributed by atoms with Gasteiger partial charge in [0.1, 0.15) is 0 Å². The minimum Gasteiger partial charge on any atom is -0.304 e. The van der Waals surface area contributed by atoms with Crippen LogP contribution in [0.5, 0.6) is 0 Å². The van der Waals surface area contributed by atoms with Crippen LogP contribution in [0.25, 0.3) is 0 Å². The molecule has 1 fully saturated rings. The zero-order valence-electron chi connectivity index (χ0n) is 5.81. The first kappa shape index (κ1) is 7.51. The van der Waals surface area contributed by atoms with Crippen molar-refractivity contribution in [3.63, 3.8) is 0 Å². The summed E-state index contributed by atoms with van der Waals surface area (Å²) in [5.41, 5.74) is 1.03. The van der Waals surface area contributed by atoms with Crippen molar-refractivity contribution in [2.75, 3.05) is 38.7 Å². The Hall–Kier alpha value is 0.400. The molecule has 0 saturated carbocycles. The molecule has 0 aromatic heterocycles. The molecule has 0 aliphatic carbocycles. The van der Waals surface area contributed by atoms with Crippen molar-refractivity contribution in [2.45, 2.75) is 0 Å². The summed E-state index contributed by atoms with van der Waals surface area (Å²) < 4.78 is 0. The van der Waals surface area contributed by atoms with Crippen LogP contribution in [0.3, 0.4) is 0 Å². The molecule has 0 atom stereocenters. The van der Waals surface area contributed by atoms with Crippen LogP contribution < -0.4 is 0 Å². The standard InChI is InChI=1S/C6H13BrN2/c1-8-2-4-9(6-7)5-3-8/h2-6H2,1H3. The van der Waals surface area contributed by atoms with Gasteiger partial charge in [-0.15, -0.1) is 0 Å². The van der Waals surface area contributed by atoms with Crippen LogP contribution in [0.1, 0.15) is 0 Å². The molecular weight excluding hydrogens is 180 g/mol. The fraction of sp³-hybridized carbons (Fsp3) is 1.00. The Bertz CT molecular complexity index is 79.1. The SMILES string of the molecule is CN1CCN(CBr)CC1. The van der Waals surface area contributed by atoms with Crippen LogP contribution in [0.2, 0.25) is 0 Å². The Morgan fingerprint density at radius 1 is 1.22 bits per heavy atom. The lowest BCUT2D eigenvalue weighted by atomic mass is 10.4. The van der Waals surface area contributed by atoms with E-state index in [2.05, 4.69) is 32.8 Å². The van der Waals surface area contributed by atoms with Gasteiger partial charge in [0.15, 0.2) is 0 Å². The Morgan fingerprint density at radius 3 is 2.22 bits per heavy atom. The molecule has 1 aliphatic heterocycles. The molecule has 1 heterocycles. The maximum atomic E-state index is 3.44. The molecule has 54 valence electrons. The first-order valence-corrected chi connectivity index (χ1v) is 4.42. The Balaban J connectivity index is 2.18. The number of nitrogens with zero attached hydrogens (tertiary/aromatic N) is 2. The highest BCUT2D eigenvalue weighted by molar-refractivity contribution is 9.09. The number of likely N-dealkylation sites (N-methyl/N-ethyl adjacent to an activating group) is 1. The van der Waals surface area contributed by atoms with Crippen LogP contribution in [0.15, 0.2) is 0 Å². The molecule has 0 bridgehead atoms. The zero-order valence-corrected chi connectivity index (χ0v) is 7.39. The summed E-state index contributed by atoms with van der Waals surface area (Å²) >= 11 is 3.44. The van der Waals surface area contributed by atoms with Gasteiger partial charge in [0, 0.05) is 26.2 Å². The third-order valence-corrected chi connectivity index (χ3v) is 2.47. The third-order valence-electron chi connectivity index (χ3n) is 1.76. The summed E-state index contributed by atoms with van der Waals surface area (Å²) in [5, 5.41) is 0. The average Bonchev–Trinajstić information content (AvgIpc) is 1.90. The number of hydrogen-bond acceptors (Lipinski definition) is 2. The van der Waals surface area contributed by atoms with E-state index in [1.54, 1.807) is 0 Å². The van der Waals surface area contributed by atoms with E-state index in [0.717, 1.165) is 5.45 Å². The van der Waals surface area contributed by atoms with Gasteiger partial charge in [-0.2, -0.15) is 0 Å².